The zero-order chi connectivity index (χ0) is 13.3. The van der Waals surface area contributed by atoms with Crippen LogP contribution in [0.25, 0.3) is 0 Å². The van der Waals surface area contributed by atoms with Gasteiger partial charge in [-0.3, -0.25) is 4.79 Å². The van der Waals surface area contributed by atoms with E-state index in [1.165, 1.54) is 19.3 Å². The van der Waals surface area contributed by atoms with Crippen LogP contribution in [0.15, 0.2) is 16.9 Å². The van der Waals surface area contributed by atoms with Crippen molar-refractivity contribution in [1.29, 1.82) is 0 Å². The third-order valence-electron chi connectivity index (χ3n) is 3.80. The van der Waals surface area contributed by atoms with Crippen molar-refractivity contribution in [3.63, 3.8) is 0 Å². The monoisotopic (exact) mass is 249 g/mol. The van der Waals surface area contributed by atoms with Gasteiger partial charge in [0, 0.05) is 13.6 Å². The standard InChI is InChI=1S/C15H23NO2/c1-11(2)7-15(5-6-15)10-16(4)14(17)13-9-18-8-12(13)3/h8-9,11H,5-7,10H2,1-4H3. The van der Waals surface area contributed by atoms with E-state index in [4.69, 9.17) is 4.42 Å². The van der Waals surface area contributed by atoms with E-state index < -0.39 is 0 Å². The second-order valence-electron chi connectivity index (χ2n) is 6.23. The lowest BCUT2D eigenvalue weighted by molar-refractivity contribution is 0.0755. The average Bonchev–Trinajstić information content (AvgIpc) is 2.87. The number of hydrogen-bond acceptors (Lipinski definition) is 2. The van der Waals surface area contributed by atoms with Crippen molar-refractivity contribution in [2.24, 2.45) is 11.3 Å². The molecule has 1 aliphatic carbocycles. The van der Waals surface area contributed by atoms with Crippen LogP contribution in [-0.2, 0) is 0 Å². The number of hydrogen-bond donors (Lipinski definition) is 0. The molecule has 0 unspecified atom stereocenters. The third kappa shape index (κ3) is 2.77. The van der Waals surface area contributed by atoms with Gasteiger partial charge in [-0.05, 0) is 43.1 Å². The van der Waals surface area contributed by atoms with E-state index in [2.05, 4.69) is 13.8 Å². The molecule has 18 heavy (non-hydrogen) atoms. The van der Waals surface area contributed by atoms with Crippen LogP contribution in [0.4, 0.5) is 0 Å². The van der Waals surface area contributed by atoms with Gasteiger partial charge in [-0.15, -0.1) is 0 Å². The van der Waals surface area contributed by atoms with Gasteiger partial charge in [0.2, 0.25) is 0 Å². The van der Waals surface area contributed by atoms with E-state index in [1.54, 1.807) is 12.5 Å². The van der Waals surface area contributed by atoms with Crippen molar-refractivity contribution in [2.45, 2.75) is 40.0 Å². The molecule has 1 aromatic heterocycles. The average molecular weight is 249 g/mol. The maximum atomic E-state index is 12.3. The van der Waals surface area contributed by atoms with Gasteiger partial charge in [-0.1, -0.05) is 13.8 Å². The van der Waals surface area contributed by atoms with Crippen LogP contribution in [0, 0.1) is 18.3 Å². The predicted octanol–water partition coefficient (Wildman–Crippen LogP) is 3.49. The summed E-state index contributed by atoms with van der Waals surface area (Å²) in [6, 6.07) is 0. The molecule has 2 rings (SSSR count). The Hall–Kier alpha value is -1.25. The van der Waals surface area contributed by atoms with E-state index in [1.807, 2.05) is 18.9 Å². The molecule has 0 bridgehead atoms. The molecule has 1 saturated carbocycles. The molecule has 0 spiro atoms. The molecular weight excluding hydrogens is 226 g/mol. The van der Waals surface area contributed by atoms with E-state index >= 15 is 0 Å². The normalized spacial score (nSPS) is 16.9. The van der Waals surface area contributed by atoms with Gasteiger partial charge in [0.05, 0.1) is 11.8 Å². The van der Waals surface area contributed by atoms with Gasteiger partial charge in [0.15, 0.2) is 0 Å². The molecule has 1 amide bonds. The maximum absolute atomic E-state index is 12.3. The summed E-state index contributed by atoms with van der Waals surface area (Å²) in [5.74, 6) is 0.781. The van der Waals surface area contributed by atoms with Crippen LogP contribution in [0.1, 0.15) is 49.0 Å². The smallest absolute Gasteiger partial charge is 0.257 e. The molecule has 1 aliphatic rings. The largest absolute Gasteiger partial charge is 0.471 e. The highest BCUT2D eigenvalue weighted by molar-refractivity contribution is 5.95. The Bertz CT molecular complexity index is 429. The van der Waals surface area contributed by atoms with Crippen LogP contribution in [-0.4, -0.2) is 24.4 Å². The number of furan rings is 1. The first-order valence-corrected chi connectivity index (χ1v) is 6.72. The summed E-state index contributed by atoms with van der Waals surface area (Å²) in [6.45, 7) is 7.28. The third-order valence-corrected chi connectivity index (χ3v) is 3.80. The van der Waals surface area contributed by atoms with Crippen molar-refractivity contribution < 1.29 is 9.21 Å². The molecule has 3 nitrogen and oxygen atoms in total. The summed E-state index contributed by atoms with van der Waals surface area (Å²) in [4.78, 5) is 14.1. The second-order valence-corrected chi connectivity index (χ2v) is 6.23. The summed E-state index contributed by atoms with van der Waals surface area (Å²) >= 11 is 0. The lowest BCUT2D eigenvalue weighted by Gasteiger charge is -2.25. The van der Waals surface area contributed by atoms with E-state index in [9.17, 15) is 4.79 Å². The Morgan fingerprint density at radius 3 is 2.56 bits per heavy atom. The van der Waals surface area contributed by atoms with Gasteiger partial charge >= 0.3 is 0 Å². The predicted molar refractivity (Wildman–Crippen MR) is 71.5 cm³/mol. The van der Waals surface area contributed by atoms with Crippen molar-refractivity contribution >= 4 is 5.91 Å². The summed E-state index contributed by atoms with van der Waals surface area (Å²) in [5.41, 5.74) is 1.99. The topological polar surface area (TPSA) is 33.5 Å². The minimum Gasteiger partial charge on any atom is -0.471 e. The molecule has 1 fully saturated rings. The summed E-state index contributed by atoms with van der Waals surface area (Å²) in [6.07, 6.45) is 6.91. The molecule has 1 heterocycles. The molecule has 0 aliphatic heterocycles. The molecule has 0 aromatic carbocycles. The lowest BCUT2D eigenvalue weighted by Crippen LogP contribution is -2.33. The highest BCUT2D eigenvalue weighted by Gasteiger charge is 2.44. The number of rotatable bonds is 5. The van der Waals surface area contributed by atoms with Crippen LogP contribution in [0.2, 0.25) is 0 Å². The fraction of sp³-hybridized carbons (Fsp3) is 0.667. The van der Waals surface area contributed by atoms with Gasteiger partial charge < -0.3 is 9.32 Å². The Morgan fingerprint density at radius 2 is 2.11 bits per heavy atom. The highest BCUT2D eigenvalue weighted by Crippen LogP contribution is 2.51. The molecule has 0 saturated heterocycles. The minimum atomic E-state index is 0.0799. The van der Waals surface area contributed by atoms with Crippen molar-refractivity contribution in [3.8, 4) is 0 Å². The molecule has 0 atom stereocenters. The van der Waals surface area contributed by atoms with Crippen LogP contribution in [0.3, 0.4) is 0 Å². The Morgan fingerprint density at radius 1 is 1.44 bits per heavy atom. The fourth-order valence-electron chi connectivity index (χ4n) is 2.83. The van der Waals surface area contributed by atoms with Crippen LogP contribution >= 0.6 is 0 Å². The Balaban J connectivity index is 1.98. The van der Waals surface area contributed by atoms with Crippen LogP contribution < -0.4 is 0 Å². The van der Waals surface area contributed by atoms with E-state index in [-0.39, 0.29) is 5.91 Å². The molecule has 100 valence electrons. The van der Waals surface area contributed by atoms with Gasteiger partial charge in [0.1, 0.15) is 6.26 Å². The lowest BCUT2D eigenvalue weighted by atomic mass is 9.93. The number of amides is 1. The molecule has 1 aromatic rings. The molecular formula is C15H23NO2. The maximum Gasteiger partial charge on any atom is 0.257 e. The summed E-state index contributed by atoms with van der Waals surface area (Å²) in [5, 5.41) is 0. The number of carbonyl (C=O) groups excluding carboxylic acids is 1. The zero-order valence-corrected chi connectivity index (χ0v) is 11.8. The summed E-state index contributed by atoms with van der Waals surface area (Å²) in [7, 11) is 1.90. The molecule has 0 N–H and O–H groups in total. The molecule has 0 radical (unpaired) electrons. The van der Waals surface area contributed by atoms with Crippen molar-refractivity contribution in [3.05, 3.63) is 23.7 Å². The first-order valence-electron chi connectivity index (χ1n) is 6.72. The highest BCUT2D eigenvalue weighted by atomic mass is 16.3. The fourth-order valence-corrected chi connectivity index (χ4v) is 2.83. The zero-order valence-electron chi connectivity index (χ0n) is 11.8. The number of aryl methyl sites for hydroxylation is 1. The number of carbonyl (C=O) groups is 1. The van der Waals surface area contributed by atoms with E-state index in [0.717, 1.165) is 12.1 Å². The van der Waals surface area contributed by atoms with E-state index in [0.29, 0.717) is 16.9 Å². The van der Waals surface area contributed by atoms with Crippen molar-refractivity contribution in [2.75, 3.05) is 13.6 Å². The SMILES string of the molecule is Cc1cocc1C(=O)N(C)CC1(CC(C)C)CC1. The minimum absolute atomic E-state index is 0.0799. The first kappa shape index (κ1) is 13.2. The van der Waals surface area contributed by atoms with Gasteiger partial charge in [0.25, 0.3) is 5.91 Å². The Labute approximate surface area is 109 Å². The van der Waals surface area contributed by atoms with Gasteiger partial charge in [-0.25, -0.2) is 0 Å². The number of nitrogens with zero attached hydrogens (tertiary/aromatic N) is 1. The van der Waals surface area contributed by atoms with Crippen molar-refractivity contribution in [1.82, 2.24) is 4.90 Å². The van der Waals surface area contributed by atoms with Gasteiger partial charge in [-0.2, -0.15) is 0 Å². The van der Waals surface area contributed by atoms with Crippen LogP contribution in [0.5, 0.6) is 0 Å². The Kier molecular flexibility index (Phi) is 3.51. The quantitative estimate of drug-likeness (QED) is 0.800. The first-order chi connectivity index (χ1) is 8.43. The molecule has 3 heteroatoms. The second kappa shape index (κ2) is 4.79. The summed E-state index contributed by atoms with van der Waals surface area (Å²) < 4.78 is 5.08.